The van der Waals surface area contributed by atoms with Crippen molar-refractivity contribution in [3.63, 3.8) is 0 Å². The number of benzene rings is 1. The number of hydrogen-bond donors (Lipinski definition) is 1. The molecular weight excluding hydrogens is 225 g/mol. The Morgan fingerprint density at radius 2 is 2.19 bits per heavy atom. The zero-order chi connectivity index (χ0) is 12.0. The molecule has 1 unspecified atom stereocenters. The smallest absolute Gasteiger partial charge is 0.127 e. The Morgan fingerprint density at radius 3 is 2.81 bits per heavy atom. The third-order valence-corrected chi connectivity index (χ3v) is 3.01. The predicted molar refractivity (Wildman–Crippen MR) is 67.5 cm³/mol. The Morgan fingerprint density at radius 1 is 1.44 bits per heavy atom. The molecule has 1 nitrogen and oxygen atoms in total. The van der Waals surface area contributed by atoms with Gasteiger partial charge < -0.3 is 5.32 Å². The standard InChI is InChI=1S/C13H19ClFN/c1-3-5-10(2)16-9-8-11-12(14)6-4-7-13(11)15/h4,6-7,10,16H,3,5,8-9H2,1-2H3. The monoisotopic (exact) mass is 243 g/mol. The molecule has 1 aromatic carbocycles. The molecule has 0 heterocycles. The summed E-state index contributed by atoms with van der Waals surface area (Å²) >= 11 is 5.94. The molecule has 0 aliphatic rings. The molecule has 0 aliphatic carbocycles. The van der Waals surface area contributed by atoms with Gasteiger partial charge in [0.15, 0.2) is 0 Å². The van der Waals surface area contributed by atoms with Gasteiger partial charge in [0, 0.05) is 16.6 Å². The predicted octanol–water partition coefficient (Wildman–Crippen LogP) is 3.80. The summed E-state index contributed by atoms with van der Waals surface area (Å²) in [6, 6.07) is 5.30. The van der Waals surface area contributed by atoms with E-state index in [0.717, 1.165) is 19.4 Å². The van der Waals surface area contributed by atoms with Gasteiger partial charge in [0.05, 0.1) is 0 Å². The van der Waals surface area contributed by atoms with Crippen LogP contribution in [-0.2, 0) is 6.42 Å². The zero-order valence-electron chi connectivity index (χ0n) is 9.89. The average molecular weight is 244 g/mol. The van der Waals surface area contributed by atoms with Crippen molar-refractivity contribution >= 4 is 11.6 Å². The lowest BCUT2D eigenvalue weighted by atomic mass is 10.1. The largest absolute Gasteiger partial charge is 0.314 e. The topological polar surface area (TPSA) is 12.0 Å². The fourth-order valence-electron chi connectivity index (χ4n) is 1.75. The van der Waals surface area contributed by atoms with Gasteiger partial charge in [-0.3, -0.25) is 0 Å². The lowest BCUT2D eigenvalue weighted by Crippen LogP contribution is -2.28. The molecule has 0 aromatic heterocycles. The highest BCUT2D eigenvalue weighted by Gasteiger charge is 2.07. The molecule has 0 spiro atoms. The minimum absolute atomic E-state index is 0.211. The van der Waals surface area contributed by atoms with Crippen molar-refractivity contribution in [2.75, 3.05) is 6.54 Å². The molecule has 0 saturated heterocycles. The van der Waals surface area contributed by atoms with Crippen molar-refractivity contribution in [2.24, 2.45) is 0 Å². The van der Waals surface area contributed by atoms with Crippen LogP contribution in [0.5, 0.6) is 0 Å². The summed E-state index contributed by atoms with van der Waals surface area (Å²) in [4.78, 5) is 0. The van der Waals surface area contributed by atoms with E-state index < -0.39 is 0 Å². The van der Waals surface area contributed by atoms with E-state index in [-0.39, 0.29) is 5.82 Å². The highest BCUT2D eigenvalue weighted by atomic mass is 35.5. The van der Waals surface area contributed by atoms with Crippen LogP contribution in [0, 0.1) is 5.82 Å². The van der Waals surface area contributed by atoms with Crippen LogP contribution in [0.25, 0.3) is 0 Å². The summed E-state index contributed by atoms with van der Waals surface area (Å²) in [5, 5.41) is 3.88. The average Bonchev–Trinajstić information content (AvgIpc) is 2.23. The molecular formula is C13H19ClFN. The fourth-order valence-corrected chi connectivity index (χ4v) is 2.01. The lowest BCUT2D eigenvalue weighted by Gasteiger charge is -2.13. The van der Waals surface area contributed by atoms with Crippen LogP contribution >= 0.6 is 11.6 Å². The Labute approximate surface area is 102 Å². The summed E-state index contributed by atoms with van der Waals surface area (Å²) in [7, 11) is 0. The van der Waals surface area contributed by atoms with Crippen molar-refractivity contribution in [1.82, 2.24) is 5.32 Å². The first kappa shape index (κ1) is 13.5. The number of rotatable bonds is 6. The van der Waals surface area contributed by atoms with E-state index in [2.05, 4.69) is 19.2 Å². The number of hydrogen-bond acceptors (Lipinski definition) is 1. The maximum absolute atomic E-state index is 13.4. The van der Waals surface area contributed by atoms with Gasteiger partial charge in [0.1, 0.15) is 5.82 Å². The van der Waals surface area contributed by atoms with Gasteiger partial charge in [-0.15, -0.1) is 0 Å². The molecule has 0 bridgehead atoms. The van der Waals surface area contributed by atoms with Crippen molar-refractivity contribution in [3.8, 4) is 0 Å². The van der Waals surface area contributed by atoms with Crippen LogP contribution in [0.4, 0.5) is 4.39 Å². The maximum atomic E-state index is 13.4. The van der Waals surface area contributed by atoms with Gasteiger partial charge >= 0.3 is 0 Å². The molecule has 90 valence electrons. The molecule has 0 aliphatic heterocycles. The van der Waals surface area contributed by atoms with Crippen LogP contribution in [0.1, 0.15) is 32.3 Å². The molecule has 0 radical (unpaired) electrons. The summed E-state index contributed by atoms with van der Waals surface area (Å²) < 4.78 is 13.4. The molecule has 0 saturated carbocycles. The van der Waals surface area contributed by atoms with Crippen molar-refractivity contribution in [2.45, 2.75) is 39.2 Å². The Bertz CT molecular complexity index is 307. The fraction of sp³-hybridized carbons (Fsp3) is 0.538. The van der Waals surface area contributed by atoms with Gasteiger partial charge in [-0.2, -0.15) is 0 Å². The van der Waals surface area contributed by atoms with Crippen molar-refractivity contribution in [3.05, 3.63) is 34.6 Å². The number of halogens is 2. The second-order valence-electron chi connectivity index (χ2n) is 4.09. The molecule has 16 heavy (non-hydrogen) atoms. The van der Waals surface area contributed by atoms with Gasteiger partial charge in [0.25, 0.3) is 0 Å². The van der Waals surface area contributed by atoms with Gasteiger partial charge in [-0.1, -0.05) is 31.0 Å². The Kier molecular flexibility index (Phi) is 5.78. The first-order valence-corrected chi connectivity index (χ1v) is 6.19. The lowest BCUT2D eigenvalue weighted by molar-refractivity contribution is 0.507. The second kappa shape index (κ2) is 6.87. The summed E-state index contributed by atoms with van der Waals surface area (Å²) in [5.74, 6) is -0.211. The molecule has 0 fully saturated rings. The quantitative estimate of drug-likeness (QED) is 0.802. The molecule has 1 atom stereocenters. The third-order valence-electron chi connectivity index (χ3n) is 2.65. The van der Waals surface area contributed by atoms with E-state index in [4.69, 9.17) is 11.6 Å². The molecule has 1 rings (SSSR count). The maximum Gasteiger partial charge on any atom is 0.127 e. The Hall–Kier alpha value is -0.600. The molecule has 3 heteroatoms. The number of nitrogens with one attached hydrogen (secondary N) is 1. The SMILES string of the molecule is CCCC(C)NCCc1c(F)cccc1Cl. The minimum Gasteiger partial charge on any atom is -0.314 e. The van der Waals surface area contributed by atoms with Crippen LogP contribution in [0.3, 0.4) is 0 Å². The van der Waals surface area contributed by atoms with E-state index in [0.29, 0.717) is 23.0 Å². The van der Waals surface area contributed by atoms with Crippen LogP contribution in [0.15, 0.2) is 18.2 Å². The highest BCUT2D eigenvalue weighted by Crippen LogP contribution is 2.19. The highest BCUT2D eigenvalue weighted by molar-refractivity contribution is 6.31. The normalized spacial score (nSPS) is 12.8. The van der Waals surface area contributed by atoms with E-state index in [1.165, 1.54) is 6.07 Å². The second-order valence-corrected chi connectivity index (χ2v) is 4.50. The van der Waals surface area contributed by atoms with Crippen molar-refractivity contribution < 1.29 is 4.39 Å². The van der Waals surface area contributed by atoms with E-state index in [1.807, 2.05) is 0 Å². The molecule has 0 amide bonds. The molecule has 1 N–H and O–H groups in total. The van der Waals surface area contributed by atoms with Gasteiger partial charge in [-0.05, 0) is 38.4 Å². The summed E-state index contributed by atoms with van der Waals surface area (Å²) in [6.45, 7) is 5.07. The van der Waals surface area contributed by atoms with E-state index >= 15 is 0 Å². The van der Waals surface area contributed by atoms with E-state index in [9.17, 15) is 4.39 Å². The minimum atomic E-state index is -0.211. The third kappa shape index (κ3) is 4.11. The zero-order valence-corrected chi connectivity index (χ0v) is 10.6. The van der Waals surface area contributed by atoms with Crippen LogP contribution < -0.4 is 5.32 Å². The first-order valence-electron chi connectivity index (χ1n) is 5.81. The van der Waals surface area contributed by atoms with Crippen LogP contribution in [-0.4, -0.2) is 12.6 Å². The first-order chi connectivity index (χ1) is 7.65. The summed E-state index contributed by atoms with van der Waals surface area (Å²) in [5.41, 5.74) is 0.611. The Balaban J connectivity index is 2.43. The summed E-state index contributed by atoms with van der Waals surface area (Å²) in [6.07, 6.45) is 2.94. The van der Waals surface area contributed by atoms with E-state index in [1.54, 1.807) is 12.1 Å². The molecule has 1 aromatic rings. The van der Waals surface area contributed by atoms with Crippen LogP contribution in [0.2, 0.25) is 5.02 Å². The van der Waals surface area contributed by atoms with Gasteiger partial charge in [0.2, 0.25) is 0 Å². The van der Waals surface area contributed by atoms with Crippen molar-refractivity contribution in [1.29, 1.82) is 0 Å². The van der Waals surface area contributed by atoms with Gasteiger partial charge in [-0.25, -0.2) is 4.39 Å².